The van der Waals surface area contributed by atoms with Crippen molar-refractivity contribution in [3.05, 3.63) is 0 Å². The van der Waals surface area contributed by atoms with E-state index in [1.54, 1.807) is 20.8 Å². The summed E-state index contributed by atoms with van der Waals surface area (Å²) < 4.78 is 5.03. The SMILES string of the molecule is CC(C)(C)OC(=O)NCC1(C(=O)O)CC(N)C1. The van der Waals surface area contributed by atoms with Crippen molar-refractivity contribution in [1.29, 1.82) is 0 Å². The molecule has 17 heavy (non-hydrogen) atoms. The predicted octanol–water partition coefficient (Wildman–Crippen LogP) is 0.703. The highest BCUT2D eigenvalue weighted by Crippen LogP contribution is 2.39. The monoisotopic (exact) mass is 244 g/mol. The van der Waals surface area contributed by atoms with Gasteiger partial charge in [-0.2, -0.15) is 0 Å². The summed E-state index contributed by atoms with van der Waals surface area (Å²) in [7, 11) is 0. The molecule has 4 N–H and O–H groups in total. The smallest absolute Gasteiger partial charge is 0.407 e. The Labute approximate surface area is 101 Å². The van der Waals surface area contributed by atoms with E-state index in [2.05, 4.69) is 5.32 Å². The molecule has 0 aromatic rings. The molecule has 0 atom stereocenters. The van der Waals surface area contributed by atoms with Gasteiger partial charge in [0.05, 0.1) is 5.41 Å². The number of carbonyl (C=O) groups excluding carboxylic acids is 1. The lowest BCUT2D eigenvalue weighted by atomic mass is 9.65. The number of carbonyl (C=O) groups is 2. The molecule has 1 amide bonds. The van der Waals surface area contributed by atoms with Crippen LogP contribution in [-0.4, -0.2) is 35.4 Å². The van der Waals surface area contributed by atoms with Gasteiger partial charge in [-0.3, -0.25) is 4.79 Å². The van der Waals surface area contributed by atoms with E-state index in [1.807, 2.05) is 0 Å². The quantitative estimate of drug-likeness (QED) is 0.678. The molecular formula is C11H20N2O4. The lowest BCUT2D eigenvalue weighted by Crippen LogP contribution is -2.56. The lowest BCUT2D eigenvalue weighted by molar-refractivity contribution is -0.155. The summed E-state index contributed by atoms with van der Waals surface area (Å²) in [5.41, 5.74) is 4.09. The van der Waals surface area contributed by atoms with Gasteiger partial charge in [-0.1, -0.05) is 0 Å². The van der Waals surface area contributed by atoms with Gasteiger partial charge in [-0.05, 0) is 33.6 Å². The summed E-state index contributed by atoms with van der Waals surface area (Å²) in [6.45, 7) is 5.31. The number of amides is 1. The fraction of sp³-hybridized carbons (Fsp3) is 0.818. The van der Waals surface area contributed by atoms with E-state index in [-0.39, 0.29) is 12.6 Å². The maximum Gasteiger partial charge on any atom is 0.407 e. The summed E-state index contributed by atoms with van der Waals surface area (Å²) in [4.78, 5) is 22.5. The Morgan fingerprint density at radius 2 is 2.00 bits per heavy atom. The molecule has 0 spiro atoms. The standard InChI is InChI=1S/C11H20N2O4/c1-10(2,3)17-9(16)13-6-11(8(14)15)4-7(12)5-11/h7H,4-6,12H2,1-3H3,(H,13,16)(H,14,15). The highest BCUT2D eigenvalue weighted by Gasteiger charge is 2.49. The average molecular weight is 244 g/mol. The molecule has 0 aromatic heterocycles. The Bertz CT molecular complexity index is 316. The van der Waals surface area contributed by atoms with Crippen molar-refractivity contribution in [3.8, 4) is 0 Å². The summed E-state index contributed by atoms with van der Waals surface area (Å²) in [6, 6.07) is -0.0912. The molecule has 0 heterocycles. The van der Waals surface area contributed by atoms with E-state index >= 15 is 0 Å². The van der Waals surface area contributed by atoms with E-state index < -0.39 is 23.1 Å². The van der Waals surface area contributed by atoms with Crippen molar-refractivity contribution < 1.29 is 19.4 Å². The molecule has 1 saturated carbocycles. The van der Waals surface area contributed by atoms with Gasteiger partial charge < -0.3 is 20.9 Å². The second-order valence-corrected chi connectivity index (χ2v) is 5.61. The van der Waals surface area contributed by atoms with Gasteiger partial charge in [0.25, 0.3) is 0 Å². The zero-order valence-electron chi connectivity index (χ0n) is 10.4. The molecule has 6 nitrogen and oxygen atoms in total. The van der Waals surface area contributed by atoms with Crippen molar-refractivity contribution in [2.24, 2.45) is 11.1 Å². The summed E-state index contributed by atoms with van der Waals surface area (Å²) in [5, 5.41) is 11.6. The minimum atomic E-state index is -0.921. The highest BCUT2D eigenvalue weighted by atomic mass is 16.6. The van der Waals surface area contributed by atoms with E-state index in [0.717, 1.165) is 0 Å². The van der Waals surface area contributed by atoms with Crippen LogP contribution in [-0.2, 0) is 9.53 Å². The maximum atomic E-state index is 11.4. The van der Waals surface area contributed by atoms with Crippen LogP contribution < -0.4 is 11.1 Å². The number of nitrogens with one attached hydrogen (secondary N) is 1. The number of alkyl carbamates (subject to hydrolysis) is 1. The average Bonchev–Trinajstić information content (AvgIpc) is 2.06. The fourth-order valence-electron chi connectivity index (χ4n) is 1.89. The van der Waals surface area contributed by atoms with Crippen molar-refractivity contribution in [2.45, 2.75) is 45.3 Å². The first-order valence-corrected chi connectivity index (χ1v) is 5.60. The van der Waals surface area contributed by atoms with Crippen molar-refractivity contribution in [3.63, 3.8) is 0 Å². The van der Waals surface area contributed by atoms with Crippen LogP contribution in [0.5, 0.6) is 0 Å². The van der Waals surface area contributed by atoms with Crippen molar-refractivity contribution in [2.75, 3.05) is 6.54 Å². The Morgan fingerprint density at radius 1 is 1.47 bits per heavy atom. The van der Waals surface area contributed by atoms with Crippen LogP contribution >= 0.6 is 0 Å². The zero-order chi connectivity index (χ0) is 13.3. The molecule has 0 bridgehead atoms. The Balaban J connectivity index is 2.44. The predicted molar refractivity (Wildman–Crippen MR) is 61.5 cm³/mol. The van der Waals surface area contributed by atoms with Crippen LogP contribution in [0.2, 0.25) is 0 Å². The second kappa shape index (κ2) is 4.52. The molecule has 0 aliphatic heterocycles. The Kier molecular flexibility index (Phi) is 3.66. The normalized spacial score (nSPS) is 28.1. The van der Waals surface area contributed by atoms with Gasteiger partial charge in [-0.15, -0.1) is 0 Å². The van der Waals surface area contributed by atoms with Gasteiger partial charge in [0.2, 0.25) is 0 Å². The lowest BCUT2D eigenvalue weighted by Gasteiger charge is -2.42. The van der Waals surface area contributed by atoms with Crippen LogP contribution in [0.25, 0.3) is 0 Å². The topological polar surface area (TPSA) is 102 Å². The number of nitrogens with two attached hydrogens (primary N) is 1. The third kappa shape index (κ3) is 3.59. The summed E-state index contributed by atoms with van der Waals surface area (Å²) in [6.07, 6.45) is 0.176. The van der Waals surface area contributed by atoms with Gasteiger partial charge in [0, 0.05) is 12.6 Å². The molecule has 1 fully saturated rings. The fourth-order valence-corrected chi connectivity index (χ4v) is 1.89. The van der Waals surface area contributed by atoms with Crippen molar-refractivity contribution >= 4 is 12.1 Å². The largest absolute Gasteiger partial charge is 0.481 e. The molecular weight excluding hydrogens is 224 g/mol. The number of rotatable bonds is 3. The first-order valence-electron chi connectivity index (χ1n) is 5.60. The van der Waals surface area contributed by atoms with Crippen molar-refractivity contribution in [1.82, 2.24) is 5.32 Å². The van der Waals surface area contributed by atoms with Gasteiger partial charge in [0.15, 0.2) is 0 Å². The van der Waals surface area contributed by atoms with E-state index in [0.29, 0.717) is 12.8 Å². The molecule has 0 aromatic carbocycles. The van der Waals surface area contributed by atoms with E-state index in [9.17, 15) is 9.59 Å². The molecule has 1 rings (SSSR count). The van der Waals surface area contributed by atoms with Crippen LogP contribution in [0.15, 0.2) is 0 Å². The highest BCUT2D eigenvalue weighted by molar-refractivity contribution is 5.78. The third-order valence-electron chi connectivity index (χ3n) is 2.73. The number of carboxylic acids is 1. The van der Waals surface area contributed by atoms with Crippen LogP contribution in [0.1, 0.15) is 33.6 Å². The van der Waals surface area contributed by atoms with Crippen LogP contribution in [0, 0.1) is 5.41 Å². The zero-order valence-corrected chi connectivity index (χ0v) is 10.4. The molecule has 98 valence electrons. The van der Waals surface area contributed by atoms with Gasteiger partial charge in [-0.25, -0.2) is 4.79 Å². The third-order valence-corrected chi connectivity index (χ3v) is 2.73. The summed E-state index contributed by atoms with van der Waals surface area (Å²) in [5.74, 6) is -0.921. The number of ether oxygens (including phenoxy) is 1. The number of hydrogen-bond donors (Lipinski definition) is 3. The van der Waals surface area contributed by atoms with E-state index in [1.165, 1.54) is 0 Å². The number of hydrogen-bond acceptors (Lipinski definition) is 4. The first kappa shape index (κ1) is 13.8. The molecule has 1 aliphatic carbocycles. The minimum Gasteiger partial charge on any atom is -0.481 e. The first-order chi connectivity index (χ1) is 7.65. The number of carboxylic acid groups (broad SMARTS) is 1. The van der Waals surface area contributed by atoms with Gasteiger partial charge >= 0.3 is 12.1 Å². The molecule has 0 saturated heterocycles. The van der Waals surface area contributed by atoms with Gasteiger partial charge in [0.1, 0.15) is 5.60 Å². The van der Waals surface area contributed by atoms with Crippen LogP contribution in [0.3, 0.4) is 0 Å². The second-order valence-electron chi connectivity index (χ2n) is 5.61. The molecule has 0 radical (unpaired) electrons. The van der Waals surface area contributed by atoms with Crippen LogP contribution in [0.4, 0.5) is 4.79 Å². The Morgan fingerprint density at radius 3 is 2.35 bits per heavy atom. The minimum absolute atomic E-state index is 0.0605. The van der Waals surface area contributed by atoms with E-state index in [4.69, 9.17) is 15.6 Å². The Hall–Kier alpha value is -1.30. The molecule has 1 aliphatic rings. The molecule has 0 unspecified atom stereocenters. The maximum absolute atomic E-state index is 11.4. The molecule has 6 heteroatoms. The summed E-state index contributed by atoms with van der Waals surface area (Å²) >= 11 is 0. The number of aliphatic carboxylic acids is 1.